The third-order valence-electron chi connectivity index (χ3n) is 3.49. The monoisotopic (exact) mass is 262 g/mol. The highest BCUT2D eigenvalue weighted by Crippen LogP contribution is 2.38. The number of benzene rings is 1. The summed E-state index contributed by atoms with van der Waals surface area (Å²) in [4.78, 5) is 13.7. The number of hydrogen-bond donors (Lipinski definition) is 1. The number of carbonyl (C=O) groups excluding carboxylic acids is 1. The van der Waals surface area contributed by atoms with E-state index in [4.69, 9.17) is 10.5 Å². The first-order valence-corrected chi connectivity index (χ1v) is 6.88. The highest BCUT2D eigenvalue weighted by atomic mass is 16.5. The molecule has 0 fully saturated rings. The van der Waals surface area contributed by atoms with Crippen LogP contribution < -0.4 is 15.4 Å². The van der Waals surface area contributed by atoms with E-state index in [-0.39, 0.29) is 12.0 Å². The molecule has 0 saturated heterocycles. The zero-order valence-electron chi connectivity index (χ0n) is 11.9. The maximum Gasteiger partial charge on any atom is 0.230 e. The van der Waals surface area contributed by atoms with E-state index in [9.17, 15) is 4.79 Å². The second-order valence-corrected chi connectivity index (χ2v) is 5.22. The number of rotatable bonds is 3. The third kappa shape index (κ3) is 2.83. The van der Waals surface area contributed by atoms with Crippen molar-refractivity contribution < 1.29 is 9.53 Å². The number of fused-ring (bicyclic) bond motifs is 1. The average Bonchev–Trinajstić information content (AvgIpc) is 2.47. The Balaban J connectivity index is 2.42. The molecule has 19 heavy (non-hydrogen) atoms. The second-order valence-electron chi connectivity index (χ2n) is 5.22. The number of nitrogens with two attached hydrogens (primary N) is 1. The van der Waals surface area contributed by atoms with Crippen molar-refractivity contribution in [2.75, 3.05) is 17.7 Å². The summed E-state index contributed by atoms with van der Waals surface area (Å²) in [5.74, 6) is 0.708. The van der Waals surface area contributed by atoms with Crippen molar-refractivity contribution in [1.29, 1.82) is 0 Å². The van der Waals surface area contributed by atoms with E-state index in [2.05, 4.69) is 6.92 Å². The molecule has 1 aliphatic heterocycles. The summed E-state index contributed by atoms with van der Waals surface area (Å²) < 4.78 is 5.80. The highest BCUT2D eigenvalue weighted by Gasteiger charge is 2.26. The van der Waals surface area contributed by atoms with Crippen LogP contribution in [0.2, 0.25) is 0 Å². The molecule has 0 aromatic heterocycles. The Labute approximate surface area is 114 Å². The second kappa shape index (κ2) is 5.51. The molecule has 1 heterocycles. The van der Waals surface area contributed by atoms with Crippen LogP contribution in [0, 0.1) is 0 Å². The van der Waals surface area contributed by atoms with E-state index in [1.807, 2.05) is 19.1 Å². The van der Waals surface area contributed by atoms with Crippen molar-refractivity contribution in [2.45, 2.75) is 45.6 Å². The van der Waals surface area contributed by atoms with E-state index in [1.54, 1.807) is 11.9 Å². The number of hydrogen-bond acceptors (Lipinski definition) is 3. The molecule has 1 aliphatic rings. The van der Waals surface area contributed by atoms with Gasteiger partial charge in [-0.25, -0.2) is 0 Å². The molecule has 2 N–H and O–H groups in total. The molecule has 104 valence electrons. The van der Waals surface area contributed by atoms with Gasteiger partial charge in [0.25, 0.3) is 0 Å². The summed E-state index contributed by atoms with van der Waals surface area (Å²) in [5.41, 5.74) is 8.67. The fourth-order valence-electron chi connectivity index (χ4n) is 2.36. The van der Waals surface area contributed by atoms with Crippen LogP contribution in [0.15, 0.2) is 12.1 Å². The van der Waals surface area contributed by atoms with Crippen LogP contribution in [0.25, 0.3) is 0 Å². The molecule has 4 nitrogen and oxygen atoms in total. The average molecular weight is 262 g/mol. The largest absolute Gasteiger partial charge is 0.486 e. The van der Waals surface area contributed by atoms with Gasteiger partial charge in [-0.1, -0.05) is 13.3 Å². The van der Waals surface area contributed by atoms with Crippen molar-refractivity contribution in [3.05, 3.63) is 17.7 Å². The standard InChI is InChI=1S/C15H22N2O2/c1-4-5-6-11-8-12(16)15-13(9-11)17(3)14(18)7-10(2)19-15/h8-10H,4-7,16H2,1-3H3. The topological polar surface area (TPSA) is 55.6 Å². The van der Waals surface area contributed by atoms with Crippen LogP contribution in [0.1, 0.15) is 38.7 Å². The van der Waals surface area contributed by atoms with Crippen LogP contribution in [0.3, 0.4) is 0 Å². The van der Waals surface area contributed by atoms with Crippen molar-refractivity contribution >= 4 is 17.3 Å². The summed E-state index contributed by atoms with van der Waals surface area (Å²) >= 11 is 0. The first kappa shape index (κ1) is 13.7. The molecule has 4 heteroatoms. The Morgan fingerprint density at radius 2 is 2.21 bits per heavy atom. The number of nitrogens with zero attached hydrogens (tertiary/aromatic N) is 1. The molecule has 1 unspecified atom stereocenters. The number of unbranched alkanes of at least 4 members (excludes halogenated alkanes) is 1. The molecule has 1 aromatic carbocycles. The molecule has 0 radical (unpaired) electrons. The van der Waals surface area contributed by atoms with Crippen molar-refractivity contribution in [2.24, 2.45) is 0 Å². The maximum atomic E-state index is 12.0. The first-order valence-electron chi connectivity index (χ1n) is 6.88. The lowest BCUT2D eigenvalue weighted by molar-refractivity contribution is -0.119. The molecule has 1 amide bonds. The smallest absolute Gasteiger partial charge is 0.230 e. The number of nitrogen functional groups attached to an aromatic ring is 1. The van der Waals surface area contributed by atoms with Crippen LogP contribution in [-0.2, 0) is 11.2 Å². The van der Waals surface area contributed by atoms with Crippen molar-refractivity contribution in [3.63, 3.8) is 0 Å². The maximum absolute atomic E-state index is 12.0. The predicted molar refractivity (Wildman–Crippen MR) is 77.6 cm³/mol. The third-order valence-corrected chi connectivity index (χ3v) is 3.49. The van der Waals surface area contributed by atoms with Gasteiger partial charge in [0.15, 0.2) is 5.75 Å². The molecule has 1 aromatic rings. The Bertz CT molecular complexity index is 485. The summed E-state index contributed by atoms with van der Waals surface area (Å²) in [6, 6.07) is 3.99. The van der Waals surface area contributed by atoms with Crippen LogP contribution >= 0.6 is 0 Å². The number of amides is 1. The van der Waals surface area contributed by atoms with E-state index in [1.165, 1.54) is 0 Å². The van der Waals surface area contributed by atoms with Gasteiger partial charge in [0, 0.05) is 7.05 Å². The number of aryl methyl sites for hydroxylation is 1. The molecule has 0 spiro atoms. The van der Waals surface area contributed by atoms with Crippen LogP contribution in [-0.4, -0.2) is 19.1 Å². The Morgan fingerprint density at radius 3 is 2.89 bits per heavy atom. The van der Waals surface area contributed by atoms with Crippen molar-refractivity contribution in [3.8, 4) is 5.75 Å². The van der Waals surface area contributed by atoms with E-state index in [0.717, 1.165) is 30.5 Å². The van der Waals surface area contributed by atoms with Gasteiger partial charge in [-0.2, -0.15) is 0 Å². The lowest BCUT2D eigenvalue weighted by Crippen LogP contribution is -2.27. The number of carbonyl (C=O) groups is 1. The SMILES string of the molecule is CCCCc1cc(N)c2c(c1)N(C)C(=O)CC(C)O2. The number of anilines is 2. The molecule has 0 bridgehead atoms. The van der Waals surface area contributed by atoms with E-state index < -0.39 is 0 Å². The minimum atomic E-state index is -0.139. The zero-order chi connectivity index (χ0) is 14.0. The fraction of sp³-hybridized carbons (Fsp3) is 0.533. The summed E-state index contributed by atoms with van der Waals surface area (Å²) in [5, 5.41) is 0. The van der Waals surface area contributed by atoms with Gasteiger partial charge in [0.05, 0.1) is 17.8 Å². The van der Waals surface area contributed by atoms with Gasteiger partial charge >= 0.3 is 0 Å². The molecular weight excluding hydrogens is 240 g/mol. The van der Waals surface area contributed by atoms with Gasteiger partial charge in [0.2, 0.25) is 5.91 Å². The summed E-state index contributed by atoms with van der Waals surface area (Å²) in [6.07, 6.45) is 3.48. The summed E-state index contributed by atoms with van der Waals surface area (Å²) in [6.45, 7) is 4.05. The molecule has 1 atom stereocenters. The minimum Gasteiger partial charge on any atom is -0.486 e. The van der Waals surface area contributed by atoms with Crippen LogP contribution in [0.4, 0.5) is 11.4 Å². The van der Waals surface area contributed by atoms with Gasteiger partial charge in [0.1, 0.15) is 6.10 Å². The highest BCUT2D eigenvalue weighted by molar-refractivity contribution is 5.96. The molecule has 0 saturated carbocycles. The zero-order valence-corrected chi connectivity index (χ0v) is 11.9. The van der Waals surface area contributed by atoms with E-state index in [0.29, 0.717) is 17.9 Å². The van der Waals surface area contributed by atoms with Crippen LogP contribution in [0.5, 0.6) is 5.75 Å². The Morgan fingerprint density at radius 1 is 1.47 bits per heavy atom. The predicted octanol–water partition coefficient (Wildman–Crippen LogP) is 2.75. The number of ether oxygens (including phenoxy) is 1. The fourth-order valence-corrected chi connectivity index (χ4v) is 2.36. The van der Waals surface area contributed by atoms with E-state index >= 15 is 0 Å². The van der Waals surface area contributed by atoms with Gasteiger partial charge < -0.3 is 15.4 Å². The molecule has 0 aliphatic carbocycles. The van der Waals surface area contributed by atoms with Gasteiger partial charge in [-0.3, -0.25) is 4.79 Å². The Hall–Kier alpha value is -1.71. The molecule has 2 rings (SSSR count). The van der Waals surface area contributed by atoms with Gasteiger partial charge in [-0.05, 0) is 37.5 Å². The van der Waals surface area contributed by atoms with Gasteiger partial charge in [-0.15, -0.1) is 0 Å². The Kier molecular flexibility index (Phi) is 3.98. The lowest BCUT2D eigenvalue weighted by Gasteiger charge is -2.19. The summed E-state index contributed by atoms with van der Waals surface area (Å²) in [7, 11) is 1.78. The minimum absolute atomic E-state index is 0.0679. The van der Waals surface area contributed by atoms with Crippen molar-refractivity contribution in [1.82, 2.24) is 0 Å². The molecular formula is C15H22N2O2. The normalized spacial score (nSPS) is 18.8. The quantitative estimate of drug-likeness (QED) is 0.852. The first-order chi connectivity index (χ1) is 9.02. The lowest BCUT2D eigenvalue weighted by atomic mass is 10.1.